The third-order valence-electron chi connectivity index (χ3n) is 0.980. The molecular weight excluding hydrogens is 148 g/mol. The van der Waals surface area contributed by atoms with Crippen LogP contribution in [-0.4, -0.2) is 27.4 Å². The van der Waals surface area contributed by atoms with Crippen LogP contribution in [0.5, 0.6) is 0 Å². The largest absolute Gasteiger partial charge is 0.512 e. The van der Waals surface area contributed by atoms with E-state index >= 15 is 0 Å². The molecule has 0 aliphatic carbocycles. The van der Waals surface area contributed by atoms with Crippen molar-refractivity contribution in [1.29, 1.82) is 0 Å². The number of aliphatic hydroxyl groups excluding tert-OH is 2. The van der Waals surface area contributed by atoms with Crippen molar-refractivity contribution in [2.24, 2.45) is 0 Å². The Balaban J connectivity index is 3.95. The van der Waals surface area contributed by atoms with Crippen molar-refractivity contribution in [3.05, 3.63) is 24.5 Å². The summed E-state index contributed by atoms with van der Waals surface area (Å²) in [6.07, 6.45) is 0.833. The second-order valence-corrected chi connectivity index (χ2v) is 1.98. The topological polar surface area (TPSA) is 77.8 Å². The Kier molecular flexibility index (Phi) is 3.98. The molecule has 0 rings (SSSR count). The first kappa shape index (κ1) is 9.71. The molecule has 0 saturated heterocycles. The minimum Gasteiger partial charge on any atom is -0.512 e. The fourth-order valence-electron chi connectivity index (χ4n) is 0.499. The van der Waals surface area contributed by atoms with Crippen LogP contribution in [0.1, 0.15) is 6.42 Å². The molecule has 4 nitrogen and oxygen atoms in total. The number of carboxylic acids is 1. The molecule has 0 heterocycles. The molecule has 0 saturated carbocycles. The van der Waals surface area contributed by atoms with E-state index in [2.05, 4.69) is 6.58 Å². The number of carboxylic acid groups (broad SMARTS) is 1. The van der Waals surface area contributed by atoms with Gasteiger partial charge < -0.3 is 15.3 Å². The maximum atomic E-state index is 9.94. The highest BCUT2D eigenvalue weighted by Crippen LogP contribution is 2.01. The molecule has 0 radical (unpaired) electrons. The van der Waals surface area contributed by atoms with Crippen LogP contribution in [0, 0.1) is 0 Å². The molecular formula is C7H10O4. The summed E-state index contributed by atoms with van der Waals surface area (Å²) in [7, 11) is 0. The quantitative estimate of drug-likeness (QED) is 0.315. The molecule has 0 aromatic heterocycles. The third-order valence-corrected chi connectivity index (χ3v) is 0.980. The van der Waals surface area contributed by atoms with E-state index in [-0.39, 0.29) is 12.2 Å². The Labute approximate surface area is 64.1 Å². The van der Waals surface area contributed by atoms with Gasteiger partial charge in [-0.2, -0.15) is 0 Å². The number of hydrogen-bond donors (Lipinski definition) is 3. The lowest BCUT2D eigenvalue weighted by atomic mass is 10.2. The van der Waals surface area contributed by atoms with Gasteiger partial charge in [0.05, 0.1) is 12.2 Å². The van der Waals surface area contributed by atoms with Gasteiger partial charge in [-0.05, 0) is 0 Å². The van der Waals surface area contributed by atoms with Crippen molar-refractivity contribution in [2.45, 2.75) is 12.5 Å². The van der Waals surface area contributed by atoms with Crippen LogP contribution in [0.4, 0.5) is 0 Å². The van der Waals surface area contributed by atoms with E-state index in [0.29, 0.717) is 6.08 Å². The molecule has 0 aliphatic rings. The van der Waals surface area contributed by atoms with Crippen LogP contribution in [0.25, 0.3) is 0 Å². The average molecular weight is 158 g/mol. The molecule has 0 aliphatic heterocycles. The van der Waals surface area contributed by atoms with Crippen molar-refractivity contribution >= 4 is 5.97 Å². The van der Waals surface area contributed by atoms with Gasteiger partial charge in [0.25, 0.3) is 0 Å². The van der Waals surface area contributed by atoms with E-state index in [1.165, 1.54) is 6.08 Å². The van der Waals surface area contributed by atoms with Crippen molar-refractivity contribution in [2.75, 3.05) is 0 Å². The predicted molar refractivity (Wildman–Crippen MR) is 39.2 cm³/mol. The zero-order valence-corrected chi connectivity index (χ0v) is 5.90. The maximum Gasteiger partial charge on any atom is 0.331 e. The first-order valence-corrected chi connectivity index (χ1v) is 2.99. The molecule has 0 bridgehead atoms. The van der Waals surface area contributed by atoms with Gasteiger partial charge >= 0.3 is 5.97 Å². The van der Waals surface area contributed by atoms with Crippen LogP contribution in [0.15, 0.2) is 24.5 Å². The van der Waals surface area contributed by atoms with Gasteiger partial charge in [-0.3, -0.25) is 0 Å². The van der Waals surface area contributed by atoms with Gasteiger partial charge in [0.1, 0.15) is 5.76 Å². The Morgan fingerprint density at radius 2 is 2.09 bits per heavy atom. The summed E-state index contributed by atoms with van der Waals surface area (Å²) in [5, 5.41) is 25.7. The lowest BCUT2D eigenvalue weighted by Gasteiger charge is -2.01. The molecule has 0 amide bonds. The molecule has 11 heavy (non-hydrogen) atoms. The fourth-order valence-corrected chi connectivity index (χ4v) is 0.499. The second kappa shape index (κ2) is 4.51. The first-order chi connectivity index (χ1) is 5.06. The van der Waals surface area contributed by atoms with E-state index in [0.717, 1.165) is 0 Å². The summed E-state index contributed by atoms with van der Waals surface area (Å²) in [6.45, 7) is 3.26. The summed E-state index contributed by atoms with van der Waals surface area (Å²) in [6, 6.07) is 0. The Bertz CT molecular complexity index is 183. The van der Waals surface area contributed by atoms with Crippen molar-refractivity contribution in [1.82, 2.24) is 0 Å². The number of aliphatic carboxylic acids is 1. The number of rotatable bonds is 4. The van der Waals surface area contributed by atoms with Gasteiger partial charge in [-0.25, -0.2) is 4.79 Å². The minimum atomic E-state index is -1.24. The summed E-state index contributed by atoms with van der Waals surface area (Å²) in [4.78, 5) is 9.94. The minimum absolute atomic E-state index is 0.115. The highest BCUT2D eigenvalue weighted by molar-refractivity contribution is 5.80. The Morgan fingerprint density at radius 1 is 1.55 bits per heavy atom. The zero-order valence-electron chi connectivity index (χ0n) is 5.90. The summed E-state index contributed by atoms with van der Waals surface area (Å²) < 4.78 is 0. The van der Waals surface area contributed by atoms with Crippen LogP contribution < -0.4 is 0 Å². The van der Waals surface area contributed by atoms with E-state index in [1.807, 2.05) is 0 Å². The molecule has 4 heteroatoms. The van der Waals surface area contributed by atoms with Gasteiger partial charge in [0.2, 0.25) is 0 Å². The summed E-state index contributed by atoms with van der Waals surface area (Å²) >= 11 is 0. The lowest BCUT2D eigenvalue weighted by Crippen LogP contribution is -2.04. The normalized spacial score (nSPS) is 14.1. The number of carbonyl (C=O) groups is 1. The Morgan fingerprint density at radius 3 is 2.45 bits per heavy atom. The smallest absolute Gasteiger partial charge is 0.331 e. The molecule has 3 N–H and O–H groups in total. The highest BCUT2D eigenvalue weighted by atomic mass is 16.4. The van der Waals surface area contributed by atoms with E-state index < -0.39 is 12.1 Å². The third kappa shape index (κ3) is 5.17. The molecule has 1 atom stereocenters. The number of aliphatic hydroxyl groups is 2. The summed E-state index contributed by atoms with van der Waals surface area (Å²) in [5.41, 5.74) is 0. The van der Waals surface area contributed by atoms with Crippen LogP contribution >= 0.6 is 0 Å². The maximum absolute atomic E-state index is 9.94. The molecule has 0 aromatic carbocycles. The van der Waals surface area contributed by atoms with Crippen LogP contribution in [0.2, 0.25) is 0 Å². The van der Waals surface area contributed by atoms with Crippen LogP contribution in [-0.2, 0) is 4.79 Å². The van der Waals surface area contributed by atoms with Crippen molar-refractivity contribution < 1.29 is 20.1 Å². The molecule has 0 fully saturated rings. The predicted octanol–water partition coefficient (Wildman–Crippen LogP) is 0.450. The Hall–Kier alpha value is -1.29. The van der Waals surface area contributed by atoms with Crippen LogP contribution in [0.3, 0.4) is 0 Å². The summed E-state index contributed by atoms with van der Waals surface area (Å²) in [5.74, 6) is -1.61. The monoisotopic (exact) mass is 158 g/mol. The number of hydrogen-bond acceptors (Lipinski definition) is 3. The molecule has 0 aromatic rings. The van der Waals surface area contributed by atoms with Gasteiger partial charge in [-0.1, -0.05) is 6.08 Å². The second-order valence-electron chi connectivity index (χ2n) is 1.98. The van der Waals surface area contributed by atoms with E-state index in [1.54, 1.807) is 0 Å². The average Bonchev–Trinajstić information content (AvgIpc) is 1.85. The van der Waals surface area contributed by atoms with Gasteiger partial charge in [0, 0.05) is 6.42 Å². The standard InChI is InChI=1S/C7H10O4/c1-2-5(8)3-6(9)4-7(10)11/h2,4-5,8-9H,1,3H2,(H,10,11). The van der Waals surface area contributed by atoms with Gasteiger partial charge in [-0.15, -0.1) is 6.58 Å². The van der Waals surface area contributed by atoms with Crippen molar-refractivity contribution in [3.8, 4) is 0 Å². The first-order valence-electron chi connectivity index (χ1n) is 2.99. The van der Waals surface area contributed by atoms with Gasteiger partial charge in [0.15, 0.2) is 0 Å². The SMILES string of the molecule is C=CC(O)CC(O)=CC(=O)O. The fraction of sp³-hybridized carbons (Fsp3) is 0.286. The molecule has 0 spiro atoms. The van der Waals surface area contributed by atoms with E-state index in [4.69, 9.17) is 15.3 Å². The zero-order chi connectivity index (χ0) is 8.85. The molecule has 1 unspecified atom stereocenters. The highest BCUT2D eigenvalue weighted by Gasteiger charge is 2.02. The van der Waals surface area contributed by atoms with E-state index in [9.17, 15) is 4.79 Å². The molecule has 62 valence electrons. The lowest BCUT2D eigenvalue weighted by molar-refractivity contribution is -0.131. The van der Waals surface area contributed by atoms with Crippen molar-refractivity contribution in [3.63, 3.8) is 0 Å².